The molecular weight excluding hydrogens is 276 g/mol. The molecule has 0 aromatic heterocycles. The van der Waals surface area contributed by atoms with Gasteiger partial charge in [-0.3, -0.25) is 0 Å². The van der Waals surface area contributed by atoms with E-state index in [0.717, 1.165) is 5.69 Å². The van der Waals surface area contributed by atoms with Crippen LogP contribution in [0.25, 0.3) is 0 Å². The molecule has 0 heterocycles. The number of hydrogen-bond acceptors (Lipinski definition) is 2. The molecule has 2 N–H and O–H groups in total. The molecule has 0 aliphatic carbocycles. The molecule has 2 nitrogen and oxygen atoms in total. The zero-order chi connectivity index (χ0) is 13.1. The maximum Gasteiger partial charge on any atom is 0.165 e. The van der Waals surface area contributed by atoms with Crippen molar-refractivity contribution in [3.05, 3.63) is 57.8 Å². The molecule has 0 saturated carbocycles. The Morgan fingerprint density at radius 2 is 1.72 bits per heavy atom. The predicted molar refractivity (Wildman–Crippen MR) is 71.9 cm³/mol. The summed E-state index contributed by atoms with van der Waals surface area (Å²) in [6.45, 7) is 0.411. The molecule has 0 radical (unpaired) electrons. The molecule has 94 valence electrons. The Hall–Kier alpha value is -1.45. The third kappa shape index (κ3) is 3.28. The molecule has 0 aliphatic rings. The van der Waals surface area contributed by atoms with E-state index in [1.807, 2.05) is 0 Å². The molecule has 0 unspecified atom stereocenters. The first-order chi connectivity index (χ1) is 8.54. The lowest BCUT2D eigenvalue weighted by Crippen LogP contribution is -1.99. The molecule has 0 atom stereocenters. The summed E-state index contributed by atoms with van der Waals surface area (Å²) < 4.78 is 13.1. The minimum absolute atomic E-state index is 0.357. The van der Waals surface area contributed by atoms with Crippen LogP contribution >= 0.6 is 23.2 Å². The Balaban J connectivity index is 2.08. The Morgan fingerprint density at radius 3 is 2.33 bits per heavy atom. The van der Waals surface area contributed by atoms with E-state index in [1.54, 1.807) is 24.3 Å². The summed E-state index contributed by atoms with van der Waals surface area (Å²) in [4.78, 5) is 0. The van der Waals surface area contributed by atoms with Crippen LogP contribution in [0.1, 0.15) is 5.56 Å². The van der Waals surface area contributed by atoms with Crippen LogP contribution in [-0.2, 0) is 6.54 Å². The topological polar surface area (TPSA) is 32.3 Å². The summed E-state index contributed by atoms with van der Waals surface area (Å²) in [6, 6.07) is 9.31. The maximum absolute atomic E-state index is 13.1. The quantitative estimate of drug-likeness (QED) is 0.873. The molecule has 2 aromatic carbocycles. The van der Waals surface area contributed by atoms with Crippen molar-refractivity contribution >= 4 is 28.9 Å². The van der Waals surface area contributed by atoms with Crippen LogP contribution in [0.5, 0.6) is 5.75 Å². The molecule has 18 heavy (non-hydrogen) atoms. The molecule has 2 aromatic rings. The van der Waals surface area contributed by atoms with Gasteiger partial charge in [0.25, 0.3) is 0 Å². The highest BCUT2D eigenvalue weighted by atomic mass is 35.5. The van der Waals surface area contributed by atoms with Gasteiger partial charge >= 0.3 is 0 Å². The molecule has 0 aliphatic heterocycles. The highest BCUT2D eigenvalue weighted by Gasteiger charge is 2.02. The third-order valence-electron chi connectivity index (χ3n) is 2.37. The van der Waals surface area contributed by atoms with Crippen LogP contribution in [-0.4, -0.2) is 5.11 Å². The Kier molecular flexibility index (Phi) is 3.94. The molecule has 0 amide bonds. The Bertz CT molecular complexity index is 555. The van der Waals surface area contributed by atoms with Crippen LogP contribution < -0.4 is 5.32 Å². The van der Waals surface area contributed by atoms with Gasteiger partial charge in [0.15, 0.2) is 11.6 Å². The molecule has 5 heteroatoms. The lowest BCUT2D eigenvalue weighted by Gasteiger charge is -2.08. The molecule has 0 spiro atoms. The fourth-order valence-electron chi connectivity index (χ4n) is 1.52. The van der Waals surface area contributed by atoms with Gasteiger partial charge in [-0.25, -0.2) is 4.39 Å². The molecule has 0 bridgehead atoms. The fraction of sp³-hybridized carbons (Fsp3) is 0.0769. The van der Waals surface area contributed by atoms with E-state index in [2.05, 4.69) is 5.32 Å². The SMILES string of the molecule is Oc1ccc(CNc2cc(Cl)cc(Cl)c2)cc1F. The second-order valence-corrected chi connectivity index (χ2v) is 4.67. The van der Waals surface area contributed by atoms with Crippen molar-refractivity contribution < 1.29 is 9.50 Å². The maximum atomic E-state index is 13.1. The average molecular weight is 286 g/mol. The Morgan fingerprint density at radius 1 is 1.06 bits per heavy atom. The van der Waals surface area contributed by atoms with E-state index in [-0.39, 0.29) is 5.75 Å². The van der Waals surface area contributed by atoms with Crippen LogP contribution in [0.15, 0.2) is 36.4 Å². The minimum atomic E-state index is -0.640. The number of hydrogen-bond donors (Lipinski definition) is 2. The number of benzene rings is 2. The van der Waals surface area contributed by atoms with Gasteiger partial charge in [-0.1, -0.05) is 29.3 Å². The van der Waals surface area contributed by atoms with Crippen LogP contribution in [0.4, 0.5) is 10.1 Å². The van der Waals surface area contributed by atoms with Gasteiger partial charge in [-0.2, -0.15) is 0 Å². The van der Waals surface area contributed by atoms with Crippen molar-refractivity contribution in [2.45, 2.75) is 6.54 Å². The molecule has 0 saturated heterocycles. The van der Waals surface area contributed by atoms with Crippen LogP contribution in [0, 0.1) is 5.82 Å². The van der Waals surface area contributed by atoms with Crippen molar-refractivity contribution in [2.75, 3.05) is 5.32 Å². The van der Waals surface area contributed by atoms with E-state index in [1.165, 1.54) is 12.1 Å². The van der Waals surface area contributed by atoms with Gasteiger partial charge in [0.1, 0.15) is 0 Å². The standard InChI is InChI=1S/C13H10Cl2FNO/c14-9-4-10(15)6-11(5-9)17-7-8-1-2-13(18)12(16)3-8/h1-6,17-18H,7H2. The summed E-state index contributed by atoms with van der Waals surface area (Å²) in [5.74, 6) is -0.997. The lowest BCUT2D eigenvalue weighted by molar-refractivity contribution is 0.432. The van der Waals surface area contributed by atoms with Crippen LogP contribution in [0.3, 0.4) is 0 Å². The van der Waals surface area contributed by atoms with Gasteiger partial charge in [-0.05, 0) is 35.9 Å². The summed E-state index contributed by atoms with van der Waals surface area (Å²) in [7, 11) is 0. The van der Waals surface area contributed by atoms with Gasteiger partial charge in [0.2, 0.25) is 0 Å². The van der Waals surface area contributed by atoms with Crippen molar-refractivity contribution in [1.82, 2.24) is 0 Å². The molecule has 2 rings (SSSR count). The second-order valence-electron chi connectivity index (χ2n) is 3.80. The zero-order valence-corrected chi connectivity index (χ0v) is 10.8. The lowest BCUT2D eigenvalue weighted by atomic mass is 10.2. The molecule has 0 fully saturated rings. The van der Waals surface area contributed by atoms with E-state index in [4.69, 9.17) is 28.3 Å². The minimum Gasteiger partial charge on any atom is -0.505 e. The average Bonchev–Trinajstić information content (AvgIpc) is 2.29. The first-order valence-electron chi connectivity index (χ1n) is 5.22. The molecular formula is C13H10Cl2FNO. The summed E-state index contributed by atoms with van der Waals surface area (Å²) in [5, 5.41) is 13.2. The second kappa shape index (κ2) is 5.46. The number of phenolic OH excluding ortho intramolecular Hbond substituents is 1. The van der Waals surface area contributed by atoms with Gasteiger partial charge in [0.05, 0.1) is 0 Å². The first kappa shape index (κ1) is 13.0. The number of phenols is 1. The number of halogens is 3. The van der Waals surface area contributed by atoms with Crippen LogP contribution in [0.2, 0.25) is 10.0 Å². The van der Waals surface area contributed by atoms with Gasteiger partial charge in [-0.15, -0.1) is 0 Å². The van der Waals surface area contributed by atoms with Crippen molar-refractivity contribution in [2.24, 2.45) is 0 Å². The number of aromatic hydroxyl groups is 1. The fourth-order valence-corrected chi connectivity index (χ4v) is 2.05. The van der Waals surface area contributed by atoms with Gasteiger partial charge < -0.3 is 10.4 Å². The smallest absolute Gasteiger partial charge is 0.165 e. The number of anilines is 1. The highest BCUT2D eigenvalue weighted by Crippen LogP contribution is 2.23. The van der Waals surface area contributed by atoms with Gasteiger partial charge in [0, 0.05) is 22.3 Å². The normalized spacial score (nSPS) is 10.4. The van der Waals surface area contributed by atoms with Crippen molar-refractivity contribution in [3.63, 3.8) is 0 Å². The van der Waals surface area contributed by atoms with E-state index in [0.29, 0.717) is 22.2 Å². The van der Waals surface area contributed by atoms with E-state index < -0.39 is 5.82 Å². The largest absolute Gasteiger partial charge is 0.505 e. The third-order valence-corrected chi connectivity index (χ3v) is 2.81. The monoisotopic (exact) mass is 285 g/mol. The van der Waals surface area contributed by atoms with Crippen molar-refractivity contribution in [1.29, 1.82) is 0 Å². The summed E-state index contributed by atoms with van der Waals surface area (Å²) >= 11 is 11.7. The van der Waals surface area contributed by atoms with E-state index >= 15 is 0 Å². The summed E-state index contributed by atoms with van der Waals surface area (Å²) in [5.41, 5.74) is 1.46. The highest BCUT2D eigenvalue weighted by molar-refractivity contribution is 6.35. The number of nitrogens with one attached hydrogen (secondary N) is 1. The number of rotatable bonds is 3. The van der Waals surface area contributed by atoms with Crippen molar-refractivity contribution in [3.8, 4) is 5.75 Å². The summed E-state index contributed by atoms with van der Waals surface area (Å²) in [6.07, 6.45) is 0. The first-order valence-corrected chi connectivity index (χ1v) is 5.97. The van der Waals surface area contributed by atoms with E-state index in [9.17, 15) is 4.39 Å². The zero-order valence-electron chi connectivity index (χ0n) is 9.25. The Labute approximate surface area is 114 Å². The predicted octanol–water partition coefficient (Wildman–Crippen LogP) is 4.45.